The van der Waals surface area contributed by atoms with Gasteiger partial charge in [0.2, 0.25) is 5.78 Å². The van der Waals surface area contributed by atoms with Crippen molar-refractivity contribution in [3.05, 3.63) is 34.1 Å². The molecule has 20 heavy (non-hydrogen) atoms. The summed E-state index contributed by atoms with van der Waals surface area (Å²) in [7, 11) is 0. The quantitative estimate of drug-likeness (QED) is 0.644. The number of Topliss-reactive ketones (excluding diaryl/α,β-unsaturated/α-hetero) is 1. The number of hydrogen-bond donors (Lipinski definition) is 1. The van der Waals surface area contributed by atoms with E-state index in [2.05, 4.69) is 4.98 Å². The molecule has 1 N–H and O–H groups in total. The molecule has 0 radical (unpaired) electrons. The second-order valence-electron chi connectivity index (χ2n) is 4.80. The van der Waals surface area contributed by atoms with E-state index in [1.807, 2.05) is 0 Å². The topological polar surface area (TPSA) is 103 Å². The molecule has 1 aromatic heterocycles. The van der Waals surface area contributed by atoms with Crippen LogP contribution in [0.15, 0.2) is 18.5 Å². The van der Waals surface area contributed by atoms with E-state index in [0.717, 1.165) is 13.1 Å². The maximum absolute atomic E-state index is 14.2. The lowest BCUT2D eigenvalue weighted by atomic mass is 9.85. The van der Waals surface area contributed by atoms with Crippen LogP contribution in [0.1, 0.15) is 25.5 Å². The van der Waals surface area contributed by atoms with Crippen molar-refractivity contribution in [3.63, 3.8) is 0 Å². The minimum Gasteiger partial charge on any atom is -0.380 e. The first-order chi connectivity index (χ1) is 9.26. The molecule has 1 fully saturated rings. The second-order valence-corrected chi connectivity index (χ2v) is 4.80. The Morgan fingerprint density at radius 2 is 2.25 bits per heavy atom. The number of rotatable bonds is 2. The first-order valence-electron chi connectivity index (χ1n) is 5.91. The Bertz CT molecular complexity index is 563. The van der Waals surface area contributed by atoms with Crippen molar-refractivity contribution in [2.45, 2.75) is 37.8 Å². The predicted octanol–water partition coefficient (Wildman–Crippen LogP) is 1.11. The third kappa shape index (κ3) is 2.16. The summed E-state index contributed by atoms with van der Waals surface area (Å²) in [6.07, 6.45) is -2.38. The summed E-state index contributed by atoms with van der Waals surface area (Å²) in [5.74, 6) is -1.05. The second kappa shape index (κ2) is 4.88. The smallest absolute Gasteiger partial charge is 0.293 e. The zero-order chi connectivity index (χ0) is 15.1. The molecule has 0 amide bonds. The number of carbonyl (C=O) groups excluding carboxylic acids is 1. The molecule has 8 heteroatoms. The molecule has 1 aromatic rings. The number of halogens is 1. The van der Waals surface area contributed by atoms with Crippen molar-refractivity contribution < 1.29 is 24.0 Å². The number of alkyl halides is 1. The van der Waals surface area contributed by atoms with Gasteiger partial charge in [-0.3, -0.25) is 19.9 Å². The van der Waals surface area contributed by atoms with Crippen molar-refractivity contribution in [1.82, 2.24) is 4.98 Å². The van der Waals surface area contributed by atoms with Gasteiger partial charge in [-0.1, -0.05) is 0 Å². The number of carbonyl (C=O) groups is 1. The molecule has 0 aliphatic carbocycles. The fourth-order valence-corrected chi connectivity index (χ4v) is 2.06. The third-order valence-electron chi connectivity index (χ3n) is 3.49. The minimum atomic E-state index is -2.18. The van der Waals surface area contributed by atoms with Crippen LogP contribution in [0, 0.1) is 10.1 Å². The highest BCUT2D eigenvalue weighted by Crippen LogP contribution is 2.39. The Hall–Kier alpha value is -1.93. The average molecular weight is 284 g/mol. The molecule has 4 atom stereocenters. The minimum absolute atomic E-state index is 0.0757. The molecule has 2 heterocycles. The molecular formula is C12H13FN2O5. The zero-order valence-electron chi connectivity index (χ0n) is 10.8. The Morgan fingerprint density at radius 1 is 1.60 bits per heavy atom. The molecule has 1 saturated heterocycles. The van der Waals surface area contributed by atoms with Crippen LogP contribution < -0.4 is 0 Å². The molecule has 2 rings (SSSR count). The number of nitrogens with zero attached hydrogens (tertiary/aromatic N) is 2. The Morgan fingerprint density at radius 3 is 2.85 bits per heavy atom. The lowest BCUT2D eigenvalue weighted by molar-refractivity contribution is -0.386. The highest BCUT2D eigenvalue weighted by Gasteiger charge is 2.52. The highest BCUT2D eigenvalue weighted by atomic mass is 19.1. The molecule has 7 nitrogen and oxygen atoms in total. The number of nitro groups is 1. The largest absolute Gasteiger partial charge is 0.380 e. The highest BCUT2D eigenvalue weighted by molar-refractivity contribution is 5.92. The first-order valence-corrected chi connectivity index (χ1v) is 5.91. The Labute approximate surface area is 113 Å². The van der Waals surface area contributed by atoms with Crippen LogP contribution >= 0.6 is 0 Å². The first kappa shape index (κ1) is 14.5. The molecule has 1 aliphatic heterocycles. The van der Waals surface area contributed by atoms with Crippen molar-refractivity contribution in [3.8, 4) is 0 Å². The normalized spacial score (nSPS) is 34.0. The van der Waals surface area contributed by atoms with Gasteiger partial charge in [0.1, 0.15) is 17.9 Å². The van der Waals surface area contributed by atoms with E-state index >= 15 is 0 Å². The molecule has 0 aromatic carbocycles. The average Bonchev–Trinajstić information content (AvgIpc) is 2.41. The molecule has 0 bridgehead atoms. The van der Waals surface area contributed by atoms with Crippen LogP contribution in [0.2, 0.25) is 0 Å². The molecule has 0 unspecified atom stereocenters. The van der Waals surface area contributed by atoms with Gasteiger partial charge in [-0.2, -0.15) is 0 Å². The molecule has 0 saturated carbocycles. The fraction of sp³-hybridized carbons (Fsp3) is 0.500. The summed E-state index contributed by atoms with van der Waals surface area (Å²) in [6.45, 7) is 2.56. The summed E-state index contributed by atoms with van der Waals surface area (Å²) in [5.41, 5.74) is -2.47. The summed E-state index contributed by atoms with van der Waals surface area (Å²) >= 11 is 0. The maximum atomic E-state index is 14.2. The van der Waals surface area contributed by atoms with E-state index in [-0.39, 0.29) is 5.56 Å². The number of ether oxygens (including phenoxy) is 1. The van der Waals surface area contributed by atoms with Crippen LogP contribution in [-0.4, -0.2) is 38.7 Å². The molecular weight excluding hydrogens is 271 g/mol. The van der Waals surface area contributed by atoms with Crippen LogP contribution in [0.5, 0.6) is 0 Å². The lowest BCUT2D eigenvalue weighted by Gasteiger charge is -2.39. The van der Waals surface area contributed by atoms with E-state index in [1.165, 1.54) is 19.2 Å². The van der Waals surface area contributed by atoms with Gasteiger partial charge in [-0.15, -0.1) is 0 Å². The summed E-state index contributed by atoms with van der Waals surface area (Å²) in [5, 5.41) is 20.8. The number of pyridine rings is 1. The number of aliphatic hydroxyl groups is 1. The van der Waals surface area contributed by atoms with Crippen LogP contribution in [-0.2, 0) is 9.53 Å². The van der Waals surface area contributed by atoms with Crippen molar-refractivity contribution in [2.24, 2.45) is 0 Å². The lowest BCUT2D eigenvalue weighted by Crippen LogP contribution is -2.57. The van der Waals surface area contributed by atoms with E-state index in [0.29, 0.717) is 0 Å². The van der Waals surface area contributed by atoms with Gasteiger partial charge in [-0.25, -0.2) is 4.39 Å². The Balaban J connectivity index is 2.44. The Kier molecular flexibility index (Phi) is 3.53. The summed E-state index contributed by atoms with van der Waals surface area (Å²) < 4.78 is 19.4. The monoisotopic (exact) mass is 284 g/mol. The zero-order valence-corrected chi connectivity index (χ0v) is 10.8. The molecule has 1 aliphatic rings. The van der Waals surface area contributed by atoms with Gasteiger partial charge in [0.15, 0.2) is 6.17 Å². The van der Waals surface area contributed by atoms with E-state index < -0.39 is 40.4 Å². The maximum Gasteiger partial charge on any atom is 0.293 e. The standard InChI is InChI=1S/C12H13FN2O5/c1-6-12(2,17)11(16)9(13)10(20-6)7-3-4-14-5-8(7)15(18)19/h3-6,9-10,17H,1-2H3/t6-,9+,10+,12-/m1/s1. The van der Waals surface area contributed by atoms with Gasteiger partial charge in [-0.05, 0) is 19.9 Å². The van der Waals surface area contributed by atoms with E-state index in [4.69, 9.17) is 4.74 Å². The number of ketones is 1. The molecule has 0 spiro atoms. The van der Waals surface area contributed by atoms with Crippen LogP contribution in [0.3, 0.4) is 0 Å². The van der Waals surface area contributed by atoms with Gasteiger partial charge in [0.25, 0.3) is 5.69 Å². The van der Waals surface area contributed by atoms with Crippen molar-refractivity contribution in [1.29, 1.82) is 0 Å². The summed E-state index contributed by atoms with van der Waals surface area (Å²) in [4.78, 5) is 25.6. The third-order valence-corrected chi connectivity index (χ3v) is 3.49. The van der Waals surface area contributed by atoms with Crippen LogP contribution in [0.4, 0.5) is 10.1 Å². The number of aromatic nitrogens is 1. The van der Waals surface area contributed by atoms with E-state index in [9.17, 15) is 24.4 Å². The number of hydrogen-bond acceptors (Lipinski definition) is 6. The van der Waals surface area contributed by atoms with Crippen LogP contribution in [0.25, 0.3) is 0 Å². The van der Waals surface area contributed by atoms with Crippen molar-refractivity contribution >= 4 is 11.5 Å². The SMILES string of the molecule is C[C@H]1O[C@@H](c2ccncc2[N+](=O)[O-])[C@H](F)C(=O)[C@]1(C)O. The van der Waals surface area contributed by atoms with Gasteiger partial charge in [0, 0.05) is 6.20 Å². The van der Waals surface area contributed by atoms with Gasteiger partial charge >= 0.3 is 0 Å². The molecule has 108 valence electrons. The van der Waals surface area contributed by atoms with E-state index in [1.54, 1.807) is 0 Å². The summed E-state index contributed by atoms with van der Waals surface area (Å²) in [6, 6.07) is 1.23. The van der Waals surface area contributed by atoms with Gasteiger partial charge < -0.3 is 9.84 Å². The van der Waals surface area contributed by atoms with Gasteiger partial charge in [0.05, 0.1) is 16.6 Å². The predicted molar refractivity (Wildman–Crippen MR) is 64.7 cm³/mol. The fourth-order valence-electron chi connectivity index (χ4n) is 2.06. The van der Waals surface area contributed by atoms with Crippen molar-refractivity contribution in [2.75, 3.05) is 0 Å².